The van der Waals surface area contributed by atoms with Gasteiger partial charge in [-0.15, -0.1) is 0 Å². The van der Waals surface area contributed by atoms with E-state index in [0.29, 0.717) is 5.02 Å². The number of hydrogen-bond acceptors (Lipinski definition) is 2. The van der Waals surface area contributed by atoms with Gasteiger partial charge in [0.1, 0.15) is 5.82 Å². The van der Waals surface area contributed by atoms with Gasteiger partial charge in [-0.05, 0) is 12.1 Å². The molecule has 2 nitrogen and oxygen atoms in total. The monoisotopic (exact) mass is 172 g/mol. The van der Waals surface area contributed by atoms with E-state index in [4.69, 9.17) is 11.6 Å². The normalized spacial score (nSPS) is 8.00. The molecule has 0 bridgehead atoms. The first-order valence-corrected chi connectivity index (χ1v) is 4.00. The van der Waals surface area contributed by atoms with Crippen LogP contribution in [0.15, 0.2) is 18.3 Å². The molecule has 0 saturated carbocycles. The van der Waals surface area contributed by atoms with Gasteiger partial charge in [-0.3, -0.25) is 0 Å². The van der Waals surface area contributed by atoms with Gasteiger partial charge in [-0.2, -0.15) is 0 Å². The minimum absolute atomic E-state index is 0.661. The minimum atomic E-state index is 0.661. The summed E-state index contributed by atoms with van der Waals surface area (Å²) in [6, 6.07) is 3.61. The van der Waals surface area contributed by atoms with Gasteiger partial charge < -0.3 is 5.32 Å². The lowest BCUT2D eigenvalue weighted by atomic mass is 10.5. The molecule has 0 fully saturated rings. The first-order valence-electron chi connectivity index (χ1n) is 3.62. The lowest BCUT2D eigenvalue weighted by molar-refractivity contribution is 1.29. The molecule has 0 aliphatic rings. The Morgan fingerprint density at radius 1 is 1.36 bits per heavy atom. The summed E-state index contributed by atoms with van der Waals surface area (Å²) in [4.78, 5) is 3.95. The van der Waals surface area contributed by atoms with Crippen molar-refractivity contribution in [3.63, 3.8) is 0 Å². The highest BCUT2D eigenvalue weighted by Crippen LogP contribution is 2.07. The van der Waals surface area contributed by atoms with Crippen LogP contribution in [0, 0.1) is 0 Å². The van der Waals surface area contributed by atoms with Gasteiger partial charge in [0.25, 0.3) is 0 Å². The molecule has 0 radical (unpaired) electrons. The predicted molar refractivity (Wildman–Crippen MR) is 50.1 cm³/mol. The van der Waals surface area contributed by atoms with E-state index in [-0.39, 0.29) is 0 Å². The quantitative estimate of drug-likeness (QED) is 0.705. The summed E-state index contributed by atoms with van der Waals surface area (Å²) in [5.41, 5.74) is 0. The predicted octanol–water partition coefficient (Wildman–Crippen LogP) is 2.80. The van der Waals surface area contributed by atoms with Gasteiger partial charge in [0, 0.05) is 13.2 Å². The summed E-state index contributed by atoms with van der Waals surface area (Å²) < 4.78 is 0. The summed E-state index contributed by atoms with van der Waals surface area (Å²) in [5.74, 6) is 0.833. The maximum absolute atomic E-state index is 5.58. The largest absolute Gasteiger partial charge is 0.373 e. The SMILES string of the molecule is CC.CNc1ccc(Cl)cn1. The van der Waals surface area contributed by atoms with Crippen LogP contribution < -0.4 is 5.32 Å². The second-order valence-corrected chi connectivity index (χ2v) is 2.05. The third-order valence-electron chi connectivity index (χ3n) is 0.984. The van der Waals surface area contributed by atoms with E-state index in [1.165, 1.54) is 0 Å². The van der Waals surface area contributed by atoms with E-state index in [9.17, 15) is 0 Å². The van der Waals surface area contributed by atoms with Crippen molar-refractivity contribution in [3.05, 3.63) is 23.4 Å². The van der Waals surface area contributed by atoms with Crippen LogP contribution in [0.4, 0.5) is 5.82 Å². The number of pyridine rings is 1. The number of hydrogen-bond donors (Lipinski definition) is 1. The van der Waals surface area contributed by atoms with Crippen molar-refractivity contribution in [1.29, 1.82) is 0 Å². The molecule has 0 aliphatic heterocycles. The molecule has 1 N–H and O–H groups in total. The van der Waals surface area contributed by atoms with E-state index in [1.54, 1.807) is 12.3 Å². The summed E-state index contributed by atoms with van der Waals surface area (Å²) in [7, 11) is 1.82. The van der Waals surface area contributed by atoms with Gasteiger partial charge in [0.2, 0.25) is 0 Å². The molecular weight excluding hydrogens is 160 g/mol. The molecule has 1 aromatic rings. The molecule has 0 aromatic carbocycles. The topological polar surface area (TPSA) is 24.9 Å². The highest BCUT2D eigenvalue weighted by atomic mass is 35.5. The van der Waals surface area contributed by atoms with Crippen LogP contribution >= 0.6 is 11.6 Å². The number of nitrogens with zero attached hydrogens (tertiary/aromatic N) is 1. The van der Waals surface area contributed by atoms with Crippen molar-refractivity contribution >= 4 is 17.4 Å². The first kappa shape index (κ1) is 10.2. The molecule has 11 heavy (non-hydrogen) atoms. The Morgan fingerprint density at radius 3 is 2.36 bits per heavy atom. The standard InChI is InChI=1S/C6H7ClN2.C2H6/c1-8-6-3-2-5(7)4-9-6;1-2/h2-4H,1H3,(H,8,9);1-2H3. The smallest absolute Gasteiger partial charge is 0.125 e. The fraction of sp³-hybridized carbons (Fsp3) is 0.375. The van der Waals surface area contributed by atoms with Crippen LogP contribution in [0.3, 0.4) is 0 Å². The van der Waals surface area contributed by atoms with Crippen molar-refractivity contribution < 1.29 is 0 Å². The third kappa shape index (κ3) is 3.83. The Balaban J connectivity index is 0.000000461. The first-order chi connectivity index (χ1) is 5.33. The third-order valence-corrected chi connectivity index (χ3v) is 1.21. The molecule has 0 atom stereocenters. The van der Waals surface area contributed by atoms with Gasteiger partial charge in [-0.25, -0.2) is 4.98 Å². The van der Waals surface area contributed by atoms with Gasteiger partial charge in [-0.1, -0.05) is 25.4 Å². The van der Waals surface area contributed by atoms with E-state index < -0.39 is 0 Å². The second-order valence-electron chi connectivity index (χ2n) is 1.61. The molecule has 0 saturated heterocycles. The number of anilines is 1. The fourth-order valence-electron chi connectivity index (χ4n) is 0.524. The molecule has 1 aromatic heterocycles. The lowest BCUT2D eigenvalue weighted by Gasteiger charge is -1.95. The van der Waals surface area contributed by atoms with Crippen LogP contribution in [0.2, 0.25) is 5.02 Å². The highest BCUT2D eigenvalue weighted by Gasteiger charge is 1.86. The van der Waals surface area contributed by atoms with Crippen molar-refractivity contribution in [1.82, 2.24) is 4.98 Å². The molecular formula is C8H13ClN2. The molecule has 0 unspecified atom stereocenters. The van der Waals surface area contributed by atoms with Crippen molar-refractivity contribution in [2.24, 2.45) is 0 Å². The average Bonchev–Trinajstić information content (AvgIpc) is 2.10. The summed E-state index contributed by atoms with van der Waals surface area (Å²) in [5, 5.41) is 3.55. The molecule has 0 amide bonds. The zero-order valence-electron chi connectivity index (χ0n) is 7.06. The number of aromatic nitrogens is 1. The van der Waals surface area contributed by atoms with Crippen LogP contribution in [-0.2, 0) is 0 Å². The van der Waals surface area contributed by atoms with E-state index >= 15 is 0 Å². The van der Waals surface area contributed by atoms with Crippen LogP contribution in [0.5, 0.6) is 0 Å². The number of nitrogens with one attached hydrogen (secondary N) is 1. The van der Waals surface area contributed by atoms with Crippen LogP contribution in [0.1, 0.15) is 13.8 Å². The summed E-state index contributed by atoms with van der Waals surface area (Å²) >= 11 is 5.58. The highest BCUT2D eigenvalue weighted by molar-refractivity contribution is 6.30. The van der Waals surface area contributed by atoms with Gasteiger partial charge in [0.05, 0.1) is 5.02 Å². The van der Waals surface area contributed by atoms with Gasteiger partial charge >= 0.3 is 0 Å². The van der Waals surface area contributed by atoms with Crippen LogP contribution in [0.25, 0.3) is 0 Å². The van der Waals surface area contributed by atoms with Crippen molar-refractivity contribution in [3.8, 4) is 0 Å². The van der Waals surface area contributed by atoms with E-state index in [0.717, 1.165) is 5.82 Å². The fourth-order valence-corrected chi connectivity index (χ4v) is 0.635. The zero-order chi connectivity index (χ0) is 8.69. The molecule has 0 aliphatic carbocycles. The maximum atomic E-state index is 5.58. The molecule has 62 valence electrons. The Bertz CT molecular complexity index is 184. The number of rotatable bonds is 1. The Morgan fingerprint density at radius 2 is 2.00 bits per heavy atom. The Kier molecular flexibility index (Phi) is 5.57. The lowest BCUT2D eigenvalue weighted by Crippen LogP contribution is -1.89. The second kappa shape index (κ2) is 5.98. The molecule has 1 heterocycles. The number of halogens is 1. The van der Waals surface area contributed by atoms with Crippen molar-refractivity contribution in [2.75, 3.05) is 12.4 Å². The summed E-state index contributed by atoms with van der Waals surface area (Å²) in [6.45, 7) is 4.00. The Hall–Kier alpha value is -0.760. The zero-order valence-corrected chi connectivity index (χ0v) is 7.81. The minimum Gasteiger partial charge on any atom is -0.373 e. The Labute approximate surface area is 72.6 Å². The molecule has 1 rings (SSSR count). The van der Waals surface area contributed by atoms with Crippen molar-refractivity contribution in [2.45, 2.75) is 13.8 Å². The average molecular weight is 173 g/mol. The maximum Gasteiger partial charge on any atom is 0.125 e. The van der Waals surface area contributed by atoms with Crippen LogP contribution in [-0.4, -0.2) is 12.0 Å². The summed E-state index contributed by atoms with van der Waals surface area (Å²) in [6.07, 6.45) is 1.60. The van der Waals surface area contributed by atoms with Gasteiger partial charge in [0.15, 0.2) is 0 Å². The van der Waals surface area contributed by atoms with E-state index in [2.05, 4.69) is 10.3 Å². The van der Waals surface area contributed by atoms with E-state index in [1.807, 2.05) is 27.0 Å². The molecule has 3 heteroatoms. The molecule has 0 spiro atoms.